The first kappa shape index (κ1) is 18.6. The lowest BCUT2D eigenvalue weighted by Crippen LogP contribution is -2.05. The smallest absolute Gasteiger partial charge is 0.119 e. The zero-order chi connectivity index (χ0) is 17.4. The van der Waals surface area contributed by atoms with E-state index in [1.54, 1.807) is 11.6 Å². The summed E-state index contributed by atoms with van der Waals surface area (Å²) in [4.78, 5) is 0. The highest BCUT2D eigenvalue weighted by Crippen LogP contribution is 2.30. The Bertz CT molecular complexity index is 630. The first-order valence-electron chi connectivity index (χ1n) is 9.54. The third-order valence-electron chi connectivity index (χ3n) is 4.94. The Morgan fingerprint density at radius 1 is 0.833 bits per heavy atom. The van der Waals surface area contributed by atoms with Crippen LogP contribution >= 0.6 is 0 Å². The average Bonchev–Trinajstić information content (AvgIpc) is 2.59. The Hall–Kier alpha value is -1.76. The summed E-state index contributed by atoms with van der Waals surface area (Å²) >= 11 is 0. The van der Waals surface area contributed by atoms with Crippen LogP contribution in [0.1, 0.15) is 74.6 Å². The highest BCUT2D eigenvalue weighted by molar-refractivity contribution is 5.40. The van der Waals surface area contributed by atoms with Crippen molar-refractivity contribution in [3.63, 3.8) is 0 Å². The van der Waals surface area contributed by atoms with Gasteiger partial charge < -0.3 is 5.11 Å². The van der Waals surface area contributed by atoms with Crippen LogP contribution in [0.25, 0.3) is 0 Å². The number of aryl methyl sites for hydroxylation is 1. The summed E-state index contributed by atoms with van der Waals surface area (Å²) in [6.45, 7) is 6.74. The Labute approximate surface area is 147 Å². The second kappa shape index (κ2) is 9.52. The molecule has 130 valence electrons. The van der Waals surface area contributed by atoms with Crippen molar-refractivity contribution in [1.29, 1.82) is 0 Å². The minimum atomic E-state index is 0.327. The van der Waals surface area contributed by atoms with E-state index >= 15 is 0 Å². The van der Waals surface area contributed by atoms with Crippen molar-refractivity contribution < 1.29 is 5.11 Å². The van der Waals surface area contributed by atoms with Crippen molar-refractivity contribution >= 4 is 0 Å². The fourth-order valence-corrected chi connectivity index (χ4v) is 3.50. The Morgan fingerprint density at radius 3 is 2.21 bits per heavy atom. The average molecular weight is 325 g/mol. The molecule has 1 N–H and O–H groups in total. The standard InChI is InChI=1S/C23H32O/c1-4-6-11-19-12-10-13-20(22(19)14-7-5-2)17-18(3)21-15-8-9-16-23(21)24/h8-10,12-13,15-16,18,24H,4-7,11,14,17H2,1-3H3. The minimum absolute atomic E-state index is 0.327. The maximum absolute atomic E-state index is 10.1. The van der Waals surface area contributed by atoms with Crippen LogP contribution in [-0.2, 0) is 19.3 Å². The Kier molecular flexibility index (Phi) is 7.36. The van der Waals surface area contributed by atoms with E-state index in [0.717, 1.165) is 12.0 Å². The molecule has 0 aliphatic rings. The van der Waals surface area contributed by atoms with Crippen LogP contribution in [-0.4, -0.2) is 5.11 Å². The molecule has 24 heavy (non-hydrogen) atoms. The summed E-state index contributed by atoms with van der Waals surface area (Å²) in [6.07, 6.45) is 8.35. The number of phenols is 1. The number of aromatic hydroxyl groups is 1. The van der Waals surface area contributed by atoms with Gasteiger partial charge in [-0.3, -0.25) is 0 Å². The van der Waals surface area contributed by atoms with Gasteiger partial charge in [0.15, 0.2) is 0 Å². The second-order valence-electron chi connectivity index (χ2n) is 6.93. The first-order chi connectivity index (χ1) is 11.7. The Balaban J connectivity index is 2.26. The summed E-state index contributed by atoms with van der Waals surface area (Å²) in [6, 6.07) is 14.6. The van der Waals surface area contributed by atoms with Crippen LogP contribution in [0.15, 0.2) is 42.5 Å². The molecule has 1 nitrogen and oxygen atoms in total. The normalized spacial score (nSPS) is 12.3. The van der Waals surface area contributed by atoms with Crippen molar-refractivity contribution in [2.24, 2.45) is 0 Å². The highest BCUT2D eigenvalue weighted by Gasteiger charge is 2.14. The van der Waals surface area contributed by atoms with E-state index in [-0.39, 0.29) is 0 Å². The summed E-state index contributed by atoms with van der Waals surface area (Å²) in [7, 11) is 0. The third-order valence-corrected chi connectivity index (χ3v) is 4.94. The van der Waals surface area contributed by atoms with Gasteiger partial charge in [0.25, 0.3) is 0 Å². The minimum Gasteiger partial charge on any atom is -0.508 e. The molecule has 0 saturated carbocycles. The van der Waals surface area contributed by atoms with Gasteiger partial charge in [-0.25, -0.2) is 0 Å². The predicted octanol–water partition coefficient (Wildman–Crippen LogP) is 6.42. The number of rotatable bonds is 9. The molecule has 0 bridgehead atoms. The van der Waals surface area contributed by atoms with Crippen LogP contribution in [0.3, 0.4) is 0 Å². The van der Waals surface area contributed by atoms with E-state index in [1.165, 1.54) is 49.7 Å². The van der Waals surface area contributed by atoms with Gasteiger partial charge in [-0.15, -0.1) is 0 Å². The maximum Gasteiger partial charge on any atom is 0.119 e. The van der Waals surface area contributed by atoms with Crippen molar-refractivity contribution in [1.82, 2.24) is 0 Å². The molecule has 0 fully saturated rings. The van der Waals surface area contributed by atoms with Gasteiger partial charge in [0.05, 0.1) is 0 Å². The second-order valence-corrected chi connectivity index (χ2v) is 6.93. The van der Waals surface area contributed by atoms with Crippen molar-refractivity contribution in [2.45, 2.75) is 71.6 Å². The van der Waals surface area contributed by atoms with Gasteiger partial charge in [0, 0.05) is 0 Å². The molecule has 2 aromatic carbocycles. The van der Waals surface area contributed by atoms with Crippen LogP contribution < -0.4 is 0 Å². The van der Waals surface area contributed by atoms with Gasteiger partial charge in [-0.05, 0) is 66.3 Å². The summed E-state index contributed by atoms with van der Waals surface area (Å²) in [5.41, 5.74) is 5.62. The van der Waals surface area contributed by atoms with Gasteiger partial charge in [0.2, 0.25) is 0 Å². The zero-order valence-corrected chi connectivity index (χ0v) is 15.5. The fourth-order valence-electron chi connectivity index (χ4n) is 3.50. The molecule has 2 aromatic rings. The van der Waals surface area contributed by atoms with E-state index in [9.17, 15) is 5.11 Å². The van der Waals surface area contributed by atoms with Crippen molar-refractivity contribution in [2.75, 3.05) is 0 Å². The van der Waals surface area contributed by atoms with Gasteiger partial charge in [-0.1, -0.05) is 70.0 Å². The van der Waals surface area contributed by atoms with E-state index in [0.29, 0.717) is 11.7 Å². The molecule has 0 heterocycles. The summed E-state index contributed by atoms with van der Waals surface area (Å²) in [5, 5.41) is 10.1. The topological polar surface area (TPSA) is 20.2 Å². The molecule has 0 aromatic heterocycles. The van der Waals surface area contributed by atoms with E-state index in [2.05, 4.69) is 39.0 Å². The summed E-state index contributed by atoms with van der Waals surface area (Å²) < 4.78 is 0. The predicted molar refractivity (Wildman–Crippen MR) is 104 cm³/mol. The van der Waals surface area contributed by atoms with Crippen molar-refractivity contribution in [3.05, 3.63) is 64.7 Å². The number of unbranched alkanes of at least 4 members (excludes halogenated alkanes) is 2. The molecule has 2 rings (SSSR count). The molecular formula is C23H32O. The summed E-state index contributed by atoms with van der Waals surface area (Å²) in [5.74, 6) is 0.746. The van der Waals surface area contributed by atoms with Gasteiger partial charge in [0.1, 0.15) is 5.75 Å². The Morgan fingerprint density at radius 2 is 1.50 bits per heavy atom. The van der Waals surface area contributed by atoms with E-state index < -0.39 is 0 Å². The highest BCUT2D eigenvalue weighted by atomic mass is 16.3. The molecule has 1 atom stereocenters. The van der Waals surface area contributed by atoms with E-state index in [1.807, 2.05) is 18.2 Å². The van der Waals surface area contributed by atoms with Crippen LogP contribution in [0.5, 0.6) is 5.75 Å². The molecule has 0 spiro atoms. The molecule has 0 saturated heterocycles. The molecule has 1 heteroatoms. The number of hydrogen-bond donors (Lipinski definition) is 1. The molecular weight excluding hydrogens is 292 g/mol. The van der Waals surface area contributed by atoms with Crippen LogP contribution in [0.4, 0.5) is 0 Å². The lowest BCUT2D eigenvalue weighted by molar-refractivity contribution is 0.462. The lowest BCUT2D eigenvalue weighted by atomic mass is 9.86. The monoisotopic (exact) mass is 324 g/mol. The zero-order valence-electron chi connectivity index (χ0n) is 15.5. The number of para-hydroxylation sites is 1. The SMILES string of the molecule is CCCCc1cccc(CC(C)c2ccccc2O)c1CCCC. The van der Waals surface area contributed by atoms with Gasteiger partial charge in [-0.2, -0.15) is 0 Å². The molecule has 0 aliphatic carbocycles. The largest absolute Gasteiger partial charge is 0.508 e. The van der Waals surface area contributed by atoms with Gasteiger partial charge >= 0.3 is 0 Å². The quantitative estimate of drug-likeness (QED) is 0.564. The number of hydrogen-bond acceptors (Lipinski definition) is 1. The number of benzene rings is 2. The first-order valence-corrected chi connectivity index (χ1v) is 9.54. The lowest BCUT2D eigenvalue weighted by Gasteiger charge is -2.19. The molecule has 1 unspecified atom stereocenters. The molecule has 0 amide bonds. The maximum atomic E-state index is 10.1. The third kappa shape index (κ3) is 4.87. The number of phenolic OH excluding ortho intramolecular Hbond substituents is 1. The fraction of sp³-hybridized carbons (Fsp3) is 0.478. The van der Waals surface area contributed by atoms with Crippen LogP contribution in [0.2, 0.25) is 0 Å². The van der Waals surface area contributed by atoms with Crippen LogP contribution in [0, 0.1) is 0 Å². The van der Waals surface area contributed by atoms with E-state index in [4.69, 9.17) is 0 Å². The van der Waals surface area contributed by atoms with Crippen molar-refractivity contribution in [3.8, 4) is 5.75 Å². The molecule has 0 radical (unpaired) electrons. The molecule has 0 aliphatic heterocycles.